The summed E-state index contributed by atoms with van der Waals surface area (Å²) in [5, 5.41) is 0.0124. The Kier molecular flexibility index (Phi) is 3.54. The topological polar surface area (TPSA) is 98.0 Å². The van der Waals surface area contributed by atoms with Gasteiger partial charge in [-0.25, -0.2) is 17.8 Å². The summed E-state index contributed by atoms with van der Waals surface area (Å²) in [5.41, 5.74) is 4.98. The Hall–Kier alpha value is -1.93. The molecule has 1 aromatic heterocycles. The van der Waals surface area contributed by atoms with Crippen LogP contribution in [0.5, 0.6) is 0 Å². The first-order valence-corrected chi connectivity index (χ1v) is 6.79. The maximum atomic E-state index is 13.7. The molecule has 3 N–H and O–H groups in total. The Labute approximate surface area is 113 Å². The summed E-state index contributed by atoms with van der Waals surface area (Å²) in [6.07, 6.45) is 3.85. The van der Waals surface area contributed by atoms with Crippen molar-refractivity contribution in [3.8, 4) is 0 Å². The number of halogens is 2. The highest BCUT2D eigenvalue weighted by atomic mass is 35.5. The van der Waals surface area contributed by atoms with Gasteiger partial charge in [-0.3, -0.25) is 9.71 Å². The Morgan fingerprint density at radius 1 is 1.32 bits per heavy atom. The SMILES string of the molecule is Nc1cc(Cl)cc(S(=O)(=O)Nc2cnccn2)c1F. The zero-order valence-electron chi connectivity index (χ0n) is 9.34. The van der Waals surface area contributed by atoms with Crippen LogP contribution in [0.25, 0.3) is 0 Å². The molecule has 0 radical (unpaired) electrons. The van der Waals surface area contributed by atoms with E-state index < -0.39 is 20.7 Å². The minimum Gasteiger partial charge on any atom is -0.396 e. The summed E-state index contributed by atoms with van der Waals surface area (Å²) < 4.78 is 39.8. The van der Waals surface area contributed by atoms with Crippen LogP contribution in [0.1, 0.15) is 0 Å². The fourth-order valence-electron chi connectivity index (χ4n) is 1.32. The van der Waals surface area contributed by atoms with Crippen LogP contribution in [-0.2, 0) is 10.0 Å². The first-order valence-electron chi connectivity index (χ1n) is 4.93. The molecule has 0 spiro atoms. The van der Waals surface area contributed by atoms with E-state index in [1.165, 1.54) is 18.6 Å². The smallest absolute Gasteiger partial charge is 0.266 e. The first kappa shape index (κ1) is 13.5. The van der Waals surface area contributed by atoms with Gasteiger partial charge in [0, 0.05) is 17.4 Å². The average molecular weight is 303 g/mol. The Balaban J connectivity index is 2.46. The predicted octanol–water partition coefficient (Wildman–Crippen LogP) is 1.65. The highest BCUT2D eigenvalue weighted by Crippen LogP contribution is 2.26. The summed E-state index contributed by atoms with van der Waals surface area (Å²) in [7, 11) is -4.18. The summed E-state index contributed by atoms with van der Waals surface area (Å²) in [6, 6.07) is 2.09. The third kappa shape index (κ3) is 2.91. The van der Waals surface area contributed by atoms with Gasteiger partial charge in [-0.2, -0.15) is 0 Å². The molecule has 2 rings (SSSR count). The second-order valence-electron chi connectivity index (χ2n) is 3.50. The van der Waals surface area contributed by atoms with Crippen molar-refractivity contribution in [1.82, 2.24) is 9.97 Å². The molecule has 6 nitrogen and oxygen atoms in total. The molecule has 1 aromatic carbocycles. The lowest BCUT2D eigenvalue weighted by atomic mass is 10.3. The maximum Gasteiger partial charge on any atom is 0.266 e. The quantitative estimate of drug-likeness (QED) is 0.840. The second kappa shape index (κ2) is 4.98. The zero-order chi connectivity index (χ0) is 14.0. The van der Waals surface area contributed by atoms with Crippen molar-refractivity contribution in [2.24, 2.45) is 0 Å². The van der Waals surface area contributed by atoms with Crippen molar-refractivity contribution in [2.45, 2.75) is 4.90 Å². The number of nitrogen functional groups attached to an aromatic ring is 1. The minimum absolute atomic E-state index is 0.0124. The van der Waals surface area contributed by atoms with E-state index in [-0.39, 0.29) is 16.5 Å². The van der Waals surface area contributed by atoms with E-state index in [0.717, 1.165) is 12.1 Å². The monoisotopic (exact) mass is 302 g/mol. The molecule has 0 unspecified atom stereocenters. The molecule has 19 heavy (non-hydrogen) atoms. The van der Waals surface area contributed by atoms with Gasteiger partial charge in [0.05, 0.1) is 11.9 Å². The van der Waals surface area contributed by atoms with Gasteiger partial charge in [0.1, 0.15) is 4.90 Å². The Morgan fingerprint density at radius 2 is 2.05 bits per heavy atom. The highest BCUT2D eigenvalue weighted by molar-refractivity contribution is 7.92. The molecular formula is C10H8ClFN4O2S. The van der Waals surface area contributed by atoms with Crippen LogP contribution in [0.3, 0.4) is 0 Å². The molecule has 1 heterocycles. The Bertz CT molecular complexity index is 709. The van der Waals surface area contributed by atoms with Crippen molar-refractivity contribution < 1.29 is 12.8 Å². The molecule has 0 amide bonds. The highest BCUT2D eigenvalue weighted by Gasteiger charge is 2.22. The predicted molar refractivity (Wildman–Crippen MR) is 68.7 cm³/mol. The van der Waals surface area contributed by atoms with Crippen LogP contribution < -0.4 is 10.5 Å². The van der Waals surface area contributed by atoms with Gasteiger partial charge in [0.25, 0.3) is 10.0 Å². The fourth-order valence-corrected chi connectivity index (χ4v) is 2.74. The molecule has 0 saturated heterocycles. The van der Waals surface area contributed by atoms with Crippen molar-refractivity contribution >= 4 is 33.1 Å². The number of benzene rings is 1. The fraction of sp³-hybridized carbons (Fsp3) is 0. The van der Waals surface area contributed by atoms with E-state index in [9.17, 15) is 12.8 Å². The van der Waals surface area contributed by atoms with Crippen LogP contribution in [-0.4, -0.2) is 18.4 Å². The number of hydrogen-bond acceptors (Lipinski definition) is 5. The number of anilines is 2. The van der Waals surface area contributed by atoms with Gasteiger partial charge in [0.2, 0.25) is 0 Å². The van der Waals surface area contributed by atoms with Crippen molar-refractivity contribution in [3.05, 3.63) is 41.6 Å². The summed E-state index contributed by atoms with van der Waals surface area (Å²) in [4.78, 5) is 6.76. The second-order valence-corrected chi connectivity index (χ2v) is 5.59. The van der Waals surface area contributed by atoms with Gasteiger partial charge < -0.3 is 5.73 Å². The molecule has 0 fully saturated rings. The van der Waals surface area contributed by atoms with E-state index in [1.807, 2.05) is 0 Å². The van der Waals surface area contributed by atoms with Crippen molar-refractivity contribution in [2.75, 3.05) is 10.5 Å². The molecule has 2 aromatic rings. The maximum absolute atomic E-state index is 13.7. The molecule has 0 aliphatic rings. The van der Waals surface area contributed by atoms with E-state index in [0.29, 0.717) is 0 Å². The lowest BCUT2D eigenvalue weighted by molar-refractivity contribution is 0.572. The third-order valence-corrected chi connectivity index (χ3v) is 3.70. The molecule has 100 valence electrons. The number of nitrogens with one attached hydrogen (secondary N) is 1. The molecule has 9 heteroatoms. The zero-order valence-corrected chi connectivity index (χ0v) is 10.9. The van der Waals surface area contributed by atoms with Crippen LogP contribution in [0.4, 0.5) is 15.9 Å². The van der Waals surface area contributed by atoms with Crippen LogP contribution in [0.2, 0.25) is 5.02 Å². The van der Waals surface area contributed by atoms with Crippen LogP contribution in [0, 0.1) is 5.82 Å². The molecule has 0 atom stereocenters. The molecule has 0 saturated carbocycles. The molecule has 0 aliphatic heterocycles. The Morgan fingerprint density at radius 3 is 2.68 bits per heavy atom. The number of nitrogens with zero attached hydrogens (tertiary/aromatic N) is 2. The minimum atomic E-state index is -4.18. The summed E-state index contributed by atoms with van der Waals surface area (Å²) >= 11 is 5.66. The van der Waals surface area contributed by atoms with E-state index in [2.05, 4.69) is 14.7 Å². The lowest BCUT2D eigenvalue weighted by Crippen LogP contribution is -2.16. The summed E-state index contributed by atoms with van der Waals surface area (Å²) in [5.74, 6) is -1.11. The van der Waals surface area contributed by atoms with Gasteiger partial charge >= 0.3 is 0 Å². The van der Waals surface area contributed by atoms with Crippen molar-refractivity contribution in [1.29, 1.82) is 0 Å². The van der Waals surface area contributed by atoms with Crippen LogP contribution in [0.15, 0.2) is 35.6 Å². The third-order valence-electron chi connectivity index (χ3n) is 2.12. The van der Waals surface area contributed by atoms with E-state index in [4.69, 9.17) is 17.3 Å². The van der Waals surface area contributed by atoms with Gasteiger partial charge in [-0.1, -0.05) is 11.6 Å². The largest absolute Gasteiger partial charge is 0.396 e. The molecule has 0 bridgehead atoms. The number of sulfonamides is 1. The average Bonchev–Trinajstić information content (AvgIpc) is 2.34. The number of aromatic nitrogens is 2. The first-order chi connectivity index (χ1) is 8.90. The molecule has 0 aliphatic carbocycles. The van der Waals surface area contributed by atoms with Gasteiger partial charge in [0.15, 0.2) is 11.6 Å². The van der Waals surface area contributed by atoms with E-state index in [1.54, 1.807) is 0 Å². The van der Waals surface area contributed by atoms with E-state index >= 15 is 0 Å². The number of hydrogen-bond donors (Lipinski definition) is 2. The lowest BCUT2D eigenvalue weighted by Gasteiger charge is -2.09. The normalized spacial score (nSPS) is 11.3. The standard InChI is InChI=1S/C10H8ClFN4O2S/c11-6-3-7(13)10(12)8(4-6)19(17,18)16-9-5-14-1-2-15-9/h1-5H,13H2,(H,15,16). The van der Waals surface area contributed by atoms with Gasteiger partial charge in [-0.15, -0.1) is 0 Å². The van der Waals surface area contributed by atoms with Crippen LogP contribution >= 0.6 is 11.6 Å². The number of rotatable bonds is 3. The van der Waals surface area contributed by atoms with Gasteiger partial charge in [-0.05, 0) is 12.1 Å². The van der Waals surface area contributed by atoms with Crippen molar-refractivity contribution in [3.63, 3.8) is 0 Å². The summed E-state index contributed by atoms with van der Waals surface area (Å²) in [6.45, 7) is 0. The number of nitrogens with two attached hydrogens (primary N) is 1. The molecular weight excluding hydrogens is 295 g/mol.